The van der Waals surface area contributed by atoms with Crippen molar-refractivity contribution in [2.75, 3.05) is 31.1 Å². The second-order valence-corrected chi connectivity index (χ2v) is 7.03. The molecule has 0 saturated carbocycles. The Morgan fingerprint density at radius 2 is 1.67 bits per heavy atom. The van der Waals surface area contributed by atoms with E-state index in [1.165, 1.54) is 6.07 Å². The van der Waals surface area contributed by atoms with Crippen LogP contribution in [0, 0.1) is 5.82 Å². The third kappa shape index (κ3) is 3.16. The van der Waals surface area contributed by atoms with Crippen LogP contribution in [0.4, 0.5) is 10.1 Å². The molecular formula is C21H22FN3O2. The van der Waals surface area contributed by atoms with E-state index in [9.17, 15) is 14.0 Å². The SMILES string of the molecule is CC(C(=O)N1CCN(c2ccccc2F)CC1)N1Cc2ccccc2C1=O. The van der Waals surface area contributed by atoms with Crippen LogP contribution in [0.25, 0.3) is 0 Å². The summed E-state index contributed by atoms with van der Waals surface area (Å²) in [4.78, 5) is 30.9. The van der Waals surface area contributed by atoms with Crippen LogP contribution in [-0.2, 0) is 11.3 Å². The molecule has 5 nitrogen and oxygen atoms in total. The van der Waals surface area contributed by atoms with Gasteiger partial charge in [0.15, 0.2) is 0 Å². The van der Waals surface area contributed by atoms with Crippen molar-refractivity contribution in [3.8, 4) is 0 Å². The summed E-state index contributed by atoms with van der Waals surface area (Å²) in [7, 11) is 0. The van der Waals surface area contributed by atoms with Crippen LogP contribution in [0.1, 0.15) is 22.8 Å². The zero-order chi connectivity index (χ0) is 19.0. The van der Waals surface area contributed by atoms with Gasteiger partial charge in [0.05, 0.1) is 5.69 Å². The molecule has 2 heterocycles. The van der Waals surface area contributed by atoms with Gasteiger partial charge in [-0.2, -0.15) is 0 Å². The normalized spacial score (nSPS) is 17.9. The van der Waals surface area contributed by atoms with Crippen molar-refractivity contribution in [1.29, 1.82) is 0 Å². The summed E-state index contributed by atoms with van der Waals surface area (Å²) < 4.78 is 14.0. The number of benzene rings is 2. The van der Waals surface area contributed by atoms with Crippen molar-refractivity contribution in [2.24, 2.45) is 0 Å². The number of rotatable bonds is 3. The van der Waals surface area contributed by atoms with Gasteiger partial charge in [0.2, 0.25) is 5.91 Å². The molecule has 4 rings (SSSR count). The first-order valence-electron chi connectivity index (χ1n) is 9.23. The molecule has 1 saturated heterocycles. The van der Waals surface area contributed by atoms with E-state index in [4.69, 9.17) is 0 Å². The first kappa shape index (κ1) is 17.5. The molecule has 2 aliphatic heterocycles. The fourth-order valence-electron chi connectivity index (χ4n) is 3.86. The average molecular weight is 367 g/mol. The molecule has 27 heavy (non-hydrogen) atoms. The summed E-state index contributed by atoms with van der Waals surface area (Å²) in [6, 6.07) is 13.7. The number of para-hydroxylation sites is 1. The van der Waals surface area contributed by atoms with E-state index in [0.717, 1.165) is 5.56 Å². The van der Waals surface area contributed by atoms with E-state index >= 15 is 0 Å². The van der Waals surface area contributed by atoms with E-state index in [1.807, 2.05) is 35.2 Å². The number of nitrogens with zero attached hydrogens (tertiary/aromatic N) is 3. The highest BCUT2D eigenvalue weighted by atomic mass is 19.1. The highest BCUT2D eigenvalue weighted by Gasteiger charge is 2.36. The van der Waals surface area contributed by atoms with Crippen molar-refractivity contribution >= 4 is 17.5 Å². The molecule has 140 valence electrons. The third-order valence-electron chi connectivity index (χ3n) is 5.46. The number of anilines is 1. The number of carbonyl (C=O) groups is 2. The molecule has 1 unspecified atom stereocenters. The van der Waals surface area contributed by atoms with Crippen LogP contribution in [-0.4, -0.2) is 53.8 Å². The Kier molecular flexibility index (Phi) is 4.56. The maximum atomic E-state index is 14.0. The minimum absolute atomic E-state index is 0.0515. The Morgan fingerprint density at radius 1 is 1.00 bits per heavy atom. The lowest BCUT2D eigenvalue weighted by molar-refractivity contribution is -0.136. The molecule has 0 aliphatic carbocycles. The average Bonchev–Trinajstić information content (AvgIpc) is 3.04. The predicted molar refractivity (Wildman–Crippen MR) is 101 cm³/mol. The summed E-state index contributed by atoms with van der Waals surface area (Å²) in [5, 5.41) is 0. The molecule has 0 spiro atoms. The number of hydrogen-bond acceptors (Lipinski definition) is 3. The van der Waals surface area contributed by atoms with Crippen LogP contribution in [0.3, 0.4) is 0 Å². The minimum Gasteiger partial charge on any atom is -0.366 e. The van der Waals surface area contributed by atoms with Gasteiger partial charge in [0.25, 0.3) is 5.91 Å². The maximum Gasteiger partial charge on any atom is 0.255 e. The molecule has 2 amide bonds. The van der Waals surface area contributed by atoms with Gasteiger partial charge in [0.1, 0.15) is 11.9 Å². The van der Waals surface area contributed by atoms with Crippen LogP contribution < -0.4 is 4.90 Å². The Balaban J connectivity index is 1.40. The minimum atomic E-state index is -0.509. The second-order valence-electron chi connectivity index (χ2n) is 7.03. The Bertz CT molecular complexity index is 877. The van der Waals surface area contributed by atoms with Crippen LogP contribution in [0.2, 0.25) is 0 Å². The van der Waals surface area contributed by atoms with Crippen molar-refractivity contribution in [2.45, 2.75) is 19.5 Å². The standard InChI is InChI=1S/C21H22FN3O2/c1-15(25-14-16-6-2-3-7-17(16)21(25)27)20(26)24-12-10-23(11-13-24)19-9-5-4-8-18(19)22/h2-9,15H,10-14H2,1H3. The van der Waals surface area contributed by atoms with Crippen molar-refractivity contribution in [3.63, 3.8) is 0 Å². The van der Waals surface area contributed by atoms with E-state index in [1.54, 1.807) is 28.9 Å². The monoisotopic (exact) mass is 367 g/mol. The molecule has 0 aromatic heterocycles. The lowest BCUT2D eigenvalue weighted by Crippen LogP contribution is -2.54. The quantitative estimate of drug-likeness (QED) is 0.837. The highest BCUT2D eigenvalue weighted by Crippen LogP contribution is 2.26. The number of amides is 2. The third-order valence-corrected chi connectivity index (χ3v) is 5.46. The fourth-order valence-corrected chi connectivity index (χ4v) is 3.86. The molecule has 1 atom stereocenters. The zero-order valence-corrected chi connectivity index (χ0v) is 15.3. The number of hydrogen-bond donors (Lipinski definition) is 0. The second kappa shape index (κ2) is 7.02. The van der Waals surface area contributed by atoms with E-state index in [0.29, 0.717) is 44.0 Å². The smallest absolute Gasteiger partial charge is 0.255 e. The largest absolute Gasteiger partial charge is 0.366 e. The molecule has 2 aromatic carbocycles. The highest BCUT2D eigenvalue weighted by molar-refractivity contribution is 6.01. The van der Waals surface area contributed by atoms with Gasteiger partial charge >= 0.3 is 0 Å². The lowest BCUT2D eigenvalue weighted by Gasteiger charge is -2.38. The van der Waals surface area contributed by atoms with Gasteiger partial charge in [-0.25, -0.2) is 4.39 Å². The van der Waals surface area contributed by atoms with E-state index in [2.05, 4.69) is 0 Å². The Hall–Kier alpha value is -2.89. The number of halogens is 1. The van der Waals surface area contributed by atoms with E-state index < -0.39 is 6.04 Å². The van der Waals surface area contributed by atoms with Gasteiger partial charge in [-0.3, -0.25) is 9.59 Å². The summed E-state index contributed by atoms with van der Waals surface area (Å²) >= 11 is 0. The maximum absolute atomic E-state index is 14.0. The van der Waals surface area contributed by atoms with Crippen molar-refractivity contribution in [1.82, 2.24) is 9.80 Å². The van der Waals surface area contributed by atoms with Gasteiger partial charge < -0.3 is 14.7 Å². The Morgan fingerprint density at radius 3 is 2.37 bits per heavy atom. The lowest BCUT2D eigenvalue weighted by atomic mass is 10.1. The topological polar surface area (TPSA) is 43.9 Å². The molecular weight excluding hydrogens is 345 g/mol. The number of piperazine rings is 1. The van der Waals surface area contributed by atoms with Crippen LogP contribution in [0.5, 0.6) is 0 Å². The van der Waals surface area contributed by atoms with Crippen molar-refractivity contribution in [3.05, 3.63) is 65.5 Å². The molecule has 0 radical (unpaired) electrons. The zero-order valence-electron chi connectivity index (χ0n) is 15.3. The predicted octanol–water partition coefficient (Wildman–Crippen LogP) is 2.52. The van der Waals surface area contributed by atoms with Crippen LogP contribution >= 0.6 is 0 Å². The van der Waals surface area contributed by atoms with Crippen molar-refractivity contribution < 1.29 is 14.0 Å². The summed E-state index contributed by atoms with van der Waals surface area (Å²) in [6.07, 6.45) is 0. The molecule has 6 heteroatoms. The molecule has 0 N–H and O–H groups in total. The Labute approximate surface area is 158 Å². The molecule has 0 bridgehead atoms. The number of fused-ring (bicyclic) bond motifs is 1. The van der Waals surface area contributed by atoms with Crippen LogP contribution in [0.15, 0.2) is 48.5 Å². The first-order chi connectivity index (χ1) is 13.1. The summed E-state index contributed by atoms with van der Waals surface area (Å²) in [6.45, 7) is 4.45. The molecule has 2 aliphatic rings. The first-order valence-corrected chi connectivity index (χ1v) is 9.23. The summed E-state index contributed by atoms with van der Waals surface area (Å²) in [5.41, 5.74) is 2.22. The van der Waals surface area contributed by atoms with E-state index in [-0.39, 0.29) is 17.6 Å². The molecule has 1 fully saturated rings. The van der Waals surface area contributed by atoms with Gasteiger partial charge in [-0.1, -0.05) is 30.3 Å². The molecule has 2 aromatic rings. The van der Waals surface area contributed by atoms with Gasteiger partial charge in [0, 0.05) is 38.3 Å². The van der Waals surface area contributed by atoms with Gasteiger partial charge in [-0.15, -0.1) is 0 Å². The summed E-state index contributed by atoms with van der Waals surface area (Å²) in [5.74, 6) is -0.383. The fraction of sp³-hybridized carbons (Fsp3) is 0.333. The number of carbonyl (C=O) groups excluding carboxylic acids is 2. The van der Waals surface area contributed by atoms with Gasteiger partial charge in [-0.05, 0) is 30.7 Å².